The minimum Gasteiger partial charge on any atom is -0.370 e. The molecule has 24 heavy (non-hydrogen) atoms. The predicted molar refractivity (Wildman–Crippen MR) is 101 cm³/mol. The smallest absolute Gasteiger partial charge is 0.186 e. The maximum atomic E-state index is 5.38. The van der Waals surface area contributed by atoms with E-state index in [1.165, 1.54) is 17.7 Å². The highest BCUT2D eigenvalue weighted by Crippen LogP contribution is 2.20. The molecular formula is C18H27N4OS+. The van der Waals surface area contributed by atoms with E-state index in [1.54, 1.807) is 4.90 Å². The van der Waals surface area contributed by atoms with Crippen molar-refractivity contribution in [2.75, 3.05) is 39.4 Å². The third-order valence-corrected chi connectivity index (χ3v) is 4.91. The molecule has 1 aromatic carbocycles. The van der Waals surface area contributed by atoms with E-state index in [0.717, 1.165) is 64.2 Å². The lowest BCUT2D eigenvalue weighted by Gasteiger charge is -2.23. The molecular weight excluding hydrogens is 320 g/mol. The number of hydrazone groups is 1. The van der Waals surface area contributed by atoms with Crippen molar-refractivity contribution < 1.29 is 9.64 Å². The normalized spacial score (nSPS) is 19.8. The highest BCUT2D eigenvalue weighted by atomic mass is 32.1. The third-order valence-electron chi connectivity index (χ3n) is 4.67. The first kappa shape index (κ1) is 17.3. The summed E-state index contributed by atoms with van der Waals surface area (Å²) in [5.41, 5.74) is 6.77. The fourth-order valence-corrected chi connectivity index (χ4v) is 3.47. The molecule has 3 N–H and O–H groups in total. The van der Waals surface area contributed by atoms with Crippen LogP contribution in [0.3, 0.4) is 0 Å². The second-order valence-electron chi connectivity index (χ2n) is 6.40. The maximum Gasteiger partial charge on any atom is 0.186 e. The number of rotatable bonds is 5. The Morgan fingerprint density at radius 1 is 1.21 bits per heavy atom. The molecule has 5 nitrogen and oxygen atoms in total. The number of quaternary nitrogens is 1. The Balaban J connectivity index is 1.39. The molecule has 1 saturated heterocycles. The number of nitrogens with one attached hydrogen (secondary N) is 3. The molecule has 0 unspecified atom stereocenters. The number of thiocarbonyl (C=S) groups is 1. The van der Waals surface area contributed by atoms with E-state index in [0.29, 0.717) is 5.11 Å². The first-order valence-corrected chi connectivity index (χ1v) is 9.34. The number of hydrogen-bond donors (Lipinski definition) is 3. The molecule has 0 spiro atoms. The van der Waals surface area contributed by atoms with E-state index in [4.69, 9.17) is 17.0 Å². The van der Waals surface area contributed by atoms with Gasteiger partial charge in [0.1, 0.15) is 13.1 Å². The van der Waals surface area contributed by atoms with Gasteiger partial charge in [-0.05, 0) is 37.0 Å². The molecule has 2 aliphatic rings. The van der Waals surface area contributed by atoms with Crippen LogP contribution in [0.1, 0.15) is 30.4 Å². The first-order valence-electron chi connectivity index (χ1n) is 8.93. The lowest BCUT2D eigenvalue weighted by atomic mass is 9.90. The first-order chi connectivity index (χ1) is 11.8. The van der Waals surface area contributed by atoms with Gasteiger partial charge in [0.05, 0.1) is 25.5 Å². The summed E-state index contributed by atoms with van der Waals surface area (Å²) in [5, 5.41) is 8.40. The summed E-state index contributed by atoms with van der Waals surface area (Å²) in [6.07, 6.45) is 4.41. The van der Waals surface area contributed by atoms with Crippen LogP contribution in [0, 0.1) is 0 Å². The summed E-state index contributed by atoms with van der Waals surface area (Å²) in [5.74, 6) is 0. The molecule has 0 saturated carbocycles. The molecule has 1 aliphatic heterocycles. The van der Waals surface area contributed by atoms with Gasteiger partial charge >= 0.3 is 0 Å². The second-order valence-corrected chi connectivity index (χ2v) is 6.81. The number of aryl methyl sites for hydroxylation is 1. The van der Waals surface area contributed by atoms with E-state index < -0.39 is 0 Å². The Hall–Kier alpha value is -1.50. The van der Waals surface area contributed by atoms with Gasteiger partial charge < -0.3 is 15.0 Å². The van der Waals surface area contributed by atoms with E-state index in [1.807, 2.05) is 0 Å². The molecule has 0 bridgehead atoms. The van der Waals surface area contributed by atoms with Crippen molar-refractivity contribution >= 4 is 23.0 Å². The van der Waals surface area contributed by atoms with Crippen molar-refractivity contribution in [2.45, 2.75) is 25.7 Å². The third kappa shape index (κ3) is 5.00. The molecule has 0 radical (unpaired) electrons. The Labute approximate surface area is 149 Å². The van der Waals surface area contributed by atoms with Crippen LogP contribution in [-0.2, 0) is 11.2 Å². The van der Waals surface area contributed by atoms with Gasteiger partial charge in [-0.15, -0.1) is 0 Å². The van der Waals surface area contributed by atoms with Gasteiger partial charge in [-0.2, -0.15) is 5.10 Å². The number of morpholine rings is 1. The van der Waals surface area contributed by atoms with Crippen molar-refractivity contribution in [3.63, 3.8) is 0 Å². The van der Waals surface area contributed by atoms with Crippen molar-refractivity contribution in [1.29, 1.82) is 0 Å². The highest BCUT2D eigenvalue weighted by molar-refractivity contribution is 7.80. The molecule has 1 fully saturated rings. The molecule has 3 rings (SSSR count). The van der Waals surface area contributed by atoms with Crippen LogP contribution in [0.25, 0.3) is 0 Å². The molecule has 130 valence electrons. The summed E-state index contributed by atoms with van der Waals surface area (Å²) in [6.45, 7) is 6.08. The van der Waals surface area contributed by atoms with Crippen molar-refractivity contribution in [1.82, 2.24) is 10.7 Å². The second kappa shape index (κ2) is 9.11. The fraction of sp³-hybridized carbons (Fsp3) is 0.556. The van der Waals surface area contributed by atoms with Crippen molar-refractivity contribution in [3.05, 3.63) is 35.4 Å². The van der Waals surface area contributed by atoms with Crippen LogP contribution in [0.5, 0.6) is 0 Å². The molecule has 0 aromatic heterocycles. The minimum atomic E-state index is 0.613. The molecule has 1 aliphatic carbocycles. The van der Waals surface area contributed by atoms with Gasteiger partial charge in [0.25, 0.3) is 0 Å². The topological polar surface area (TPSA) is 50.1 Å². The lowest BCUT2D eigenvalue weighted by Crippen LogP contribution is -3.14. The van der Waals surface area contributed by atoms with Crippen LogP contribution < -0.4 is 15.6 Å². The van der Waals surface area contributed by atoms with Crippen molar-refractivity contribution in [3.8, 4) is 0 Å². The van der Waals surface area contributed by atoms with E-state index in [9.17, 15) is 0 Å². The SMILES string of the molecule is S=C(NCCC[NH+]1CCOCC1)NN=C1CCCc2ccccc21. The van der Waals surface area contributed by atoms with Gasteiger partial charge in [-0.25, -0.2) is 0 Å². The Kier molecular flexibility index (Phi) is 6.57. The van der Waals surface area contributed by atoms with Crippen LogP contribution in [0.4, 0.5) is 0 Å². The predicted octanol–water partition coefficient (Wildman–Crippen LogP) is 0.496. The zero-order chi connectivity index (χ0) is 16.6. The number of hydrogen-bond acceptors (Lipinski definition) is 3. The number of nitrogens with zero attached hydrogens (tertiary/aromatic N) is 1. The summed E-state index contributed by atoms with van der Waals surface area (Å²) >= 11 is 5.33. The number of fused-ring (bicyclic) bond motifs is 1. The zero-order valence-corrected chi connectivity index (χ0v) is 15.0. The Bertz CT molecular complexity index is 584. The van der Waals surface area contributed by atoms with Gasteiger partial charge in [0, 0.05) is 18.5 Å². The van der Waals surface area contributed by atoms with E-state index in [-0.39, 0.29) is 0 Å². The average Bonchev–Trinajstić information content (AvgIpc) is 2.64. The minimum absolute atomic E-state index is 0.613. The summed E-state index contributed by atoms with van der Waals surface area (Å²) in [7, 11) is 0. The van der Waals surface area contributed by atoms with Gasteiger partial charge in [-0.1, -0.05) is 24.3 Å². The van der Waals surface area contributed by atoms with Crippen LogP contribution in [0.2, 0.25) is 0 Å². The molecule has 6 heteroatoms. The summed E-state index contributed by atoms with van der Waals surface area (Å²) in [4.78, 5) is 1.63. The van der Waals surface area contributed by atoms with Gasteiger partial charge in [0.2, 0.25) is 0 Å². The lowest BCUT2D eigenvalue weighted by molar-refractivity contribution is -0.908. The molecule has 0 amide bonds. The number of ether oxygens (including phenoxy) is 1. The summed E-state index contributed by atoms with van der Waals surface area (Å²) < 4.78 is 5.38. The maximum absolute atomic E-state index is 5.38. The standard InChI is InChI=1S/C18H26N4OS/c24-18(19-9-4-10-22-11-13-23-14-12-22)21-20-17-8-3-6-15-5-1-2-7-16(15)17/h1-2,5,7H,3-4,6,8-14H2,(H2,19,21,24)/p+1. The van der Waals surface area contributed by atoms with Gasteiger partial charge in [0.15, 0.2) is 5.11 Å². The van der Waals surface area contributed by atoms with Crippen LogP contribution in [0.15, 0.2) is 29.4 Å². The Morgan fingerprint density at radius 2 is 2.04 bits per heavy atom. The average molecular weight is 348 g/mol. The van der Waals surface area contributed by atoms with Crippen LogP contribution >= 0.6 is 12.2 Å². The van der Waals surface area contributed by atoms with E-state index in [2.05, 4.69) is 40.1 Å². The number of benzene rings is 1. The quantitative estimate of drug-likeness (QED) is 0.412. The van der Waals surface area contributed by atoms with Crippen LogP contribution in [-0.4, -0.2) is 50.2 Å². The van der Waals surface area contributed by atoms with Gasteiger partial charge in [-0.3, -0.25) is 5.43 Å². The largest absolute Gasteiger partial charge is 0.370 e. The highest BCUT2D eigenvalue weighted by Gasteiger charge is 2.15. The molecule has 0 atom stereocenters. The zero-order valence-electron chi connectivity index (χ0n) is 14.1. The monoisotopic (exact) mass is 347 g/mol. The Morgan fingerprint density at radius 3 is 2.92 bits per heavy atom. The fourth-order valence-electron chi connectivity index (χ4n) is 3.33. The molecule has 1 aromatic rings. The van der Waals surface area contributed by atoms with Crippen molar-refractivity contribution in [2.24, 2.45) is 5.10 Å². The summed E-state index contributed by atoms with van der Waals surface area (Å²) in [6, 6.07) is 8.51. The van der Waals surface area contributed by atoms with E-state index >= 15 is 0 Å². The molecule has 1 heterocycles.